The number of hydrogen-bond acceptors (Lipinski definition) is 4. The largest absolute Gasteiger partial charge is 1.00 e. The van der Waals surface area contributed by atoms with Gasteiger partial charge in [-0.2, -0.15) is 0 Å². The molecule has 1 unspecified atom stereocenters. The van der Waals surface area contributed by atoms with Crippen LogP contribution in [0, 0.1) is 0 Å². The van der Waals surface area contributed by atoms with Crippen LogP contribution >= 0.6 is 11.6 Å². The highest BCUT2D eigenvalue weighted by molar-refractivity contribution is 6.30. The average molecular weight is 499 g/mol. The minimum Gasteiger partial charge on any atom is -1.00 e. The van der Waals surface area contributed by atoms with E-state index in [0.29, 0.717) is 28.2 Å². The van der Waals surface area contributed by atoms with E-state index in [2.05, 4.69) is 0 Å². The van der Waals surface area contributed by atoms with Gasteiger partial charge in [0.1, 0.15) is 6.54 Å². The zero-order valence-corrected chi connectivity index (χ0v) is 20.0. The number of esters is 2. The maximum Gasteiger partial charge on any atom is 0.361 e. The first-order valence-corrected chi connectivity index (χ1v) is 10.3. The molecule has 0 radical (unpaired) electrons. The first kappa shape index (κ1) is 26.1. The third-order valence-electron chi connectivity index (χ3n) is 5.17. The Hall–Kier alpha value is -1.89. The Morgan fingerprint density at radius 3 is 2.10 bits per heavy atom. The maximum absolute atomic E-state index is 12.8. The van der Waals surface area contributed by atoms with Crippen molar-refractivity contribution in [1.82, 2.24) is 0 Å². The van der Waals surface area contributed by atoms with Gasteiger partial charge < -0.3 is 30.9 Å². The monoisotopic (exact) mass is 497 g/mol. The third-order valence-corrected chi connectivity index (χ3v) is 5.42. The van der Waals surface area contributed by atoms with Gasteiger partial charge in [-0.3, -0.25) is 0 Å². The number of carbonyl (C=O) groups excluding carboxylic acids is 2. The van der Waals surface area contributed by atoms with E-state index in [4.69, 9.17) is 21.1 Å². The molecule has 164 valence electrons. The second kappa shape index (κ2) is 12.7. The van der Waals surface area contributed by atoms with Crippen LogP contribution in [0.3, 0.4) is 0 Å². The summed E-state index contributed by atoms with van der Waals surface area (Å²) in [7, 11) is 0. The number of likely N-dealkylation sites (N-methyl/N-ethyl adjacent to an activating group) is 1. The van der Waals surface area contributed by atoms with Crippen LogP contribution in [-0.4, -0.2) is 49.2 Å². The summed E-state index contributed by atoms with van der Waals surface area (Å²) in [4.78, 5) is 25.0. The predicted octanol–water partition coefficient (Wildman–Crippen LogP) is 1.66. The smallest absolute Gasteiger partial charge is 0.361 e. The minimum atomic E-state index is -0.492. The van der Waals surface area contributed by atoms with E-state index >= 15 is 0 Å². The van der Waals surface area contributed by atoms with Crippen molar-refractivity contribution in [2.75, 3.05) is 32.8 Å². The average Bonchev–Trinajstić information content (AvgIpc) is 2.74. The van der Waals surface area contributed by atoms with Crippen LogP contribution < -0.4 is 17.0 Å². The van der Waals surface area contributed by atoms with Gasteiger partial charge in [0.2, 0.25) is 0 Å². The fraction of sp³-hybridized carbons (Fsp3) is 0.391. The highest BCUT2D eigenvalue weighted by Crippen LogP contribution is 2.25. The lowest BCUT2D eigenvalue weighted by molar-refractivity contribution is -0.921. The zero-order valence-electron chi connectivity index (χ0n) is 17.6. The highest BCUT2D eigenvalue weighted by atomic mass is 79.9. The fourth-order valence-electron chi connectivity index (χ4n) is 3.26. The van der Waals surface area contributed by atoms with Gasteiger partial charge in [-0.05, 0) is 50.6 Å². The van der Waals surface area contributed by atoms with E-state index in [1.807, 2.05) is 44.2 Å². The lowest BCUT2D eigenvalue weighted by atomic mass is 10.1. The number of benzene rings is 2. The number of rotatable bonds is 10. The Kier molecular flexibility index (Phi) is 11.1. The first-order chi connectivity index (χ1) is 13.9. The van der Waals surface area contributed by atoms with Gasteiger partial charge in [-0.25, -0.2) is 9.59 Å². The molecule has 7 heteroatoms. The molecule has 0 heterocycles. The van der Waals surface area contributed by atoms with Crippen LogP contribution in [0.2, 0.25) is 5.02 Å². The molecule has 0 spiro atoms. The number of hydrogen-bond donors (Lipinski definition) is 0. The van der Waals surface area contributed by atoms with Crippen molar-refractivity contribution in [2.24, 2.45) is 0 Å². The van der Waals surface area contributed by atoms with Crippen molar-refractivity contribution in [2.45, 2.75) is 26.9 Å². The van der Waals surface area contributed by atoms with Gasteiger partial charge in [0, 0.05) is 5.02 Å². The van der Waals surface area contributed by atoms with Crippen molar-refractivity contribution in [3.05, 3.63) is 70.7 Å². The molecule has 2 aromatic rings. The van der Waals surface area contributed by atoms with E-state index < -0.39 is 12.1 Å². The Labute approximate surface area is 194 Å². The molecule has 1 atom stereocenters. The Balaban J connectivity index is 0.00000450. The number of ether oxygens (including phenoxy) is 2. The molecule has 0 amide bonds. The molecular formula is C23H29BrClNO4. The van der Waals surface area contributed by atoms with Gasteiger partial charge in [-0.15, -0.1) is 0 Å². The molecule has 0 aliphatic rings. The summed E-state index contributed by atoms with van der Waals surface area (Å²) in [5, 5.41) is 0.559. The molecule has 0 N–H and O–H groups in total. The molecule has 0 fully saturated rings. The van der Waals surface area contributed by atoms with E-state index in [0.717, 1.165) is 18.7 Å². The van der Waals surface area contributed by atoms with Gasteiger partial charge in [0.05, 0.1) is 25.3 Å². The lowest BCUT2D eigenvalue weighted by Crippen LogP contribution is -3.00. The summed E-state index contributed by atoms with van der Waals surface area (Å²) >= 11 is 5.92. The molecule has 2 rings (SSSR count). The van der Waals surface area contributed by atoms with Crippen LogP contribution in [0.15, 0.2) is 54.6 Å². The number of carbonyl (C=O) groups is 2. The van der Waals surface area contributed by atoms with Crippen LogP contribution in [0.5, 0.6) is 0 Å². The first-order valence-electron chi connectivity index (χ1n) is 9.95. The minimum absolute atomic E-state index is 0. The maximum atomic E-state index is 12.8. The second-order valence-electron chi connectivity index (χ2n) is 6.93. The molecule has 0 aliphatic carbocycles. The number of nitrogens with zero attached hydrogens (tertiary/aromatic N) is 1. The quantitative estimate of drug-likeness (QED) is 0.369. The lowest BCUT2D eigenvalue weighted by Gasteiger charge is -2.38. The van der Waals surface area contributed by atoms with Gasteiger partial charge in [0.15, 0.2) is 12.6 Å². The van der Waals surface area contributed by atoms with Crippen molar-refractivity contribution < 1.29 is 40.5 Å². The summed E-state index contributed by atoms with van der Waals surface area (Å²) in [5.74, 6) is -0.663. The normalized spacial score (nSPS) is 11.9. The molecule has 0 aromatic heterocycles. The molecule has 0 saturated heterocycles. The van der Waals surface area contributed by atoms with E-state index in [-0.39, 0.29) is 29.5 Å². The van der Waals surface area contributed by atoms with Crippen LogP contribution in [0.1, 0.15) is 42.8 Å². The van der Waals surface area contributed by atoms with Crippen molar-refractivity contribution in [3.63, 3.8) is 0 Å². The summed E-state index contributed by atoms with van der Waals surface area (Å²) in [6, 6.07) is 16.2. The summed E-state index contributed by atoms with van der Waals surface area (Å²) < 4.78 is 11.6. The molecule has 0 bridgehead atoms. The van der Waals surface area contributed by atoms with Crippen LogP contribution in [0.4, 0.5) is 0 Å². The third kappa shape index (κ3) is 7.42. The summed E-state index contributed by atoms with van der Waals surface area (Å²) in [5.41, 5.74) is 1.33. The Morgan fingerprint density at radius 1 is 0.967 bits per heavy atom. The Morgan fingerprint density at radius 2 is 1.57 bits per heavy atom. The SMILES string of the molecule is CCOC(=O)C[N+](CC)(CC)CC(OC(=O)c1ccc(Cl)cc1)c1ccccc1.[Br-]. The highest BCUT2D eigenvalue weighted by Gasteiger charge is 2.34. The Bertz CT molecular complexity index is 795. The molecule has 5 nitrogen and oxygen atoms in total. The molecule has 2 aromatic carbocycles. The van der Waals surface area contributed by atoms with E-state index in [1.54, 1.807) is 31.2 Å². The summed E-state index contributed by atoms with van der Waals surface area (Å²) in [6.07, 6.45) is -0.492. The van der Waals surface area contributed by atoms with E-state index in [9.17, 15) is 9.59 Å². The zero-order chi connectivity index (χ0) is 21.3. The predicted molar refractivity (Wildman–Crippen MR) is 114 cm³/mol. The molecular weight excluding hydrogens is 470 g/mol. The summed E-state index contributed by atoms with van der Waals surface area (Å²) in [6.45, 7) is 8.37. The second-order valence-corrected chi connectivity index (χ2v) is 7.37. The topological polar surface area (TPSA) is 52.6 Å². The van der Waals surface area contributed by atoms with Crippen LogP contribution in [0.25, 0.3) is 0 Å². The van der Waals surface area contributed by atoms with Crippen molar-refractivity contribution >= 4 is 23.5 Å². The molecule has 0 aliphatic heterocycles. The number of halogens is 2. The van der Waals surface area contributed by atoms with Gasteiger partial charge in [0.25, 0.3) is 0 Å². The standard InChI is InChI=1S/C23H29ClNO4.BrH/c1-4-25(5-2,17-22(26)28-6-3)16-21(18-10-8-7-9-11-18)29-23(27)19-12-14-20(24)15-13-19;/h7-15,21H,4-6,16-17H2,1-3H3;1H/q+1;/p-1. The molecule has 30 heavy (non-hydrogen) atoms. The van der Waals surface area contributed by atoms with Crippen molar-refractivity contribution in [1.29, 1.82) is 0 Å². The van der Waals surface area contributed by atoms with Gasteiger partial charge >= 0.3 is 11.9 Å². The van der Waals surface area contributed by atoms with Crippen LogP contribution in [-0.2, 0) is 14.3 Å². The van der Waals surface area contributed by atoms with E-state index in [1.165, 1.54) is 0 Å². The van der Waals surface area contributed by atoms with Gasteiger partial charge in [-0.1, -0.05) is 41.9 Å². The fourth-order valence-corrected chi connectivity index (χ4v) is 3.39. The van der Waals surface area contributed by atoms with Crippen molar-refractivity contribution in [3.8, 4) is 0 Å². The number of quaternary nitrogens is 1. The molecule has 0 saturated carbocycles.